The van der Waals surface area contributed by atoms with Gasteiger partial charge in [0.15, 0.2) is 0 Å². The molecule has 0 aliphatic carbocycles. The van der Waals surface area contributed by atoms with Crippen molar-refractivity contribution in [2.24, 2.45) is 0 Å². The van der Waals surface area contributed by atoms with Crippen molar-refractivity contribution in [1.82, 2.24) is 0 Å². The third-order valence-electron chi connectivity index (χ3n) is 2.95. The van der Waals surface area contributed by atoms with Crippen LogP contribution >= 0.6 is 11.3 Å². The molecular weight excluding hydrogens is 268 g/mol. The molecular formula is C17H24O2S. The number of thiophene rings is 1. The molecule has 1 aromatic heterocycles. The van der Waals surface area contributed by atoms with Gasteiger partial charge in [-0.25, -0.2) is 4.79 Å². The molecule has 1 aromatic rings. The van der Waals surface area contributed by atoms with Crippen LogP contribution in [0.3, 0.4) is 0 Å². The Morgan fingerprint density at radius 1 is 1.15 bits per heavy atom. The zero-order valence-electron chi connectivity index (χ0n) is 12.3. The third kappa shape index (κ3) is 8.01. The number of carbonyl (C=O) groups is 1. The lowest BCUT2D eigenvalue weighted by Crippen LogP contribution is -2.04. The minimum atomic E-state index is -0.186. The predicted octanol–water partition coefficient (Wildman–Crippen LogP) is 5.05. The van der Waals surface area contributed by atoms with Crippen LogP contribution in [0.1, 0.15) is 68.0 Å². The topological polar surface area (TPSA) is 26.3 Å². The summed E-state index contributed by atoms with van der Waals surface area (Å²) in [6.45, 7) is 2.62. The van der Waals surface area contributed by atoms with Gasteiger partial charge in [-0.05, 0) is 24.3 Å². The van der Waals surface area contributed by atoms with Crippen molar-refractivity contribution < 1.29 is 9.53 Å². The molecule has 0 spiro atoms. The lowest BCUT2D eigenvalue weighted by atomic mass is 10.1. The van der Waals surface area contributed by atoms with Crippen LogP contribution in [-0.4, -0.2) is 12.6 Å². The van der Waals surface area contributed by atoms with Crippen LogP contribution in [0.25, 0.3) is 0 Å². The fourth-order valence-corrected chi connectivity index (χ4v) is 2.48. The van der Waals surface area contributed by atoms with Crippen molar-refractivity contribution in [1.29, 1.82) is 0 Å². The molecule has 1 heterocycles. The summed E-state index contributed by atoms with van der Waals surface area (Å²) in [6, 6.07) is 3.67. The lowest BCUT2D eigenvalue weighted by molar-refractivity contribution is 0.0503. The van der Waals surface area contributed by atoms with E-state index in [1.54, 1.807) is 6.07 Å². The summed E-state index contributed by atoms with van der Waals surface area (Å²) in [4.78, 5) is 12.2. The number of esters is 1. The maximum Gasteiger partial charge on any atom is 0.348 e. The van der Waals surface area contributed by atoms with Gasteiger partial charge in [-0.15, -0.1) is 23.2 Å². The number of hydrogen-bond donors (Lipinski definition) is 0. The summed E-state index contributed by atoms with van der Waals surface area (Å²) in [7, 11) is 0. The van der Waals surface area contributed by atoms with Gasteiger partial charge in [0, 0.05) is 12.8 Å². The molecule has 0 atom stereocenters. The first-order chi connectivity index (χ1) is 9.84. The zero-order chi connectivity index (χ0) is 14.5. The molecule has 20 heavy (non-hydrogen) atoms. The van der Waals surface area contributed by atoms with Gasteiger partial charge in [-0.3, -0.25) is 0 Å². The molecule has 0 aromatic carbocycles. The Bertz CT molecular complexity index is 412. The summed E-state index contributed by atoms with van der Waals surface area (Å²) in [5, 5.41) is 1.89. The van der Waals surface area contributed by atoms with E-state index in [0.29, 0.717) is 11.5 Å². The second-order valence-electron chi connectivity index (χ2n) is 4.69. The van der Waals surface area contributed by atoms with E-state index in [1.165, 1.54) is 37.0 Å². The number of unbranched alkanes of at least 4 members (excludes halogenated alkanes) is 6. The molecule has 0 fully saturated rings. The fraction of sp³-hybridized carbons (Fsp3) is 0.588. The highest BCUT2D eigenvalue weighted by molar-refractivity contribution is 7.11. The maximum absolute atomic E-state index is 11.5. The summed E-state index contributed by atoms with van der Waals surface area (Å²) in [5.41, 5.74) is 0. The molecule has 110 valence electrons. The van der Waals surface area contributed by atoms with E-state index in [-0.39, 0.29) is 5.97 Å². The van der Waals surface area contributed by atoms with Crippen molar-refractivity contribution in [2.75, 3.05) is 6.61 Å². The fourth-order valence-electron chi connectivity index (χ4n) is 1.87. The average Bonchev–Trinajstić information content (AvgIpc) is 2.99. The summed E-state index contributed by atoms with van der Waals surface area (Å²) in [6.07, 6.45) is 9.04. The van der Waals surface area contributed by atoms with E-state index in [2.05, 4.69) is 18.8 Å². The van der Waals surface area contributed by atoms with Crippen LogP contribution < -0.4 is 0 Å². The van der Waals surface area contributed by atoms with E-state index in [9.17, 15) is 4.79 Å². The molecule has 3 heteroatoms. The van der Waals surface area contributed by atoms with Gasteiger partial charge in [0.05, 0.1) is 6.61 Å². The monoisotopic (exact) mass is 292 g/mol. The van der Waals surface area contributed by atoms with Crippen molar-refractivity contribution in [2.45, 2.75) is 58.3 Å². The van der Waals surface area contributed by atoms with Crippen LogP contribution in [0.4, 0.5) is 0 Å². The molecule has 0 unspecified atom stereocenters. The zero-order valence-corrected chi connectivity index (χ0v) is 13.1. The van der Waals surface area contributed by atoms with E-state index in [4.69, 9.17) is 4.74 Å². The van der Waals surface area contributed by atoms with Gasteiger partial charge < -0.3 is 4.74 Å². The first kappa shape index (κ1) is 16.8. The Kier molecular flexibility index (Phi) is 9.69. The first-order valence-corrected chi connectivity index (χ1v) is 8.39. The van der Waals surface area contributed by atoms with Crippen LogP contribution in [0.2, 0.25) is 0 Å². The lowest BCUT2D eigenvalue weighted by Gasteiger charge is -2.03. The van der Waals surface area contributed by atoms with Gasteiger partial charge in [-0.2, -0.15) is 0 Å². The molecule has 0 saturated carbocycles. The van der Waals surface area contributed by atoms with Crippen LogP contribution in [-0.2, 0) is 4.74 Å². The summed E-state index contributed by atoms with van der Waals surface area (Å²) in [5.74, 6) is 6.07. The minimum absolute atomic E-state index is 0.186. The molecule has 0 radical (unpaired) electrons. The summed E-state index contributed by atoms with van der Waals surface area (Å²) < 4.78 is 5.21. The predicted molar refractivity (Wildman–Crippen MR) is 85.0 cm³/mol. The molecule has 2 nitrogen and oxygen atoms in total. The van der Waals surface area contributed by atoms with Crippen LogP contribution in [0.5, 0.6) is 0 Å². The Morgan fingerprint density at radius 3 is 2.60 bits per heavy atom. The van der Waals surface area contributed by atoms with Crippen molar-refractivity contribution >= 4 is 17.3 Å². The molecule has 0 aliphatic rings. The highest BCUT2D eigenvalue weighted by Gasteiger charge is 2.06. The van der Waals surface area contributed by atoms with Crippen molar-refractivity contribution in [3.63, 3.8) is 0 Å². The molecule has 0 N–H and O–H groups in total. The van der Waals surface area contributed by atoms with Gasteiger partial charge in [-0.1, -0.05) is 38.7 Å². The average molecular weight is 292 g/mol. The van der Waals surface area contributed by atoms with E-state index in [1.807, 2.05) is 11.4 Å². The quantitative estimate of drug-likeness (QED) is 0.362. The van der Waals surface area contributed by atoms with Crippen molar-refractivity contribution in [3.8, 4) is 11.8 Å². The second-order valence-corrected chi connectivity index (χ2v) is 5.64. The van der Waals surface area contributed by atoms with Gasteiger partial charge in [0.25, 0.3) is 0 Å². The minimum Gasteiger partial charge on any atom is -0.462 e. The normalized spacial score (nSPS) is 9.85. The third-order valence-corrected chi connectivity index (χ3v) is 3.80. The molecule has 0 bridgehead atoms. The standard InChI is InChI=1S/C17H24O2S/c1-2-3-4-5-6-7-8-9-10-11-14-19-17(18)16-13-12-15-20-16/h12-13,15H,2,5-11,14H2,1H3. The highest BCUT2D eigenvalue weighted by Crippen LogP contribution is 2.11. The van der Waals surface area contributed by atoms with Gasteiger partial charge in [0.1, 0.15) is 4.88 Å². The summed E-state index contributed by atoms with van der Waals surface area (Å²) >= 11 is 1.43. The van der Waals surface area contributed by atoms with Crippen molar-refractivity contribution in [3.05, 3.63) is 22.4 Å². The number of carbonyl (C=O) groups excluding carboxylic acids is 1. The Morgan fingerprint density at radius 2 is 1.90 bits per heavy atom. The number of rotatable bonds is 9. The Balaban J connectivity index is 1.86. The van der Waals surface area contributed by atoms with E-state index < -0.39 is 0 Å². The molecule has 0 amide bonds. The van der Waals surface area contributed by atoms with Crippen LogP contribution in [0, 0.1) is 11.8 Å². The molecule has 0 aliphatic heterocycles. The maximum atomic E-state index is 11.5. The Hall–Kier alpha value is -1.27. The smallest absolute Gasteiger partial charge is 0.348 e. The number of ether oxygens (including phenoxy) is 1. The second kappa shape index (κ2) is 11.5. The van der Waals surface area contributed by atoms with E-state index in [0.717, 1.165) is 25.7 Å². The molecule has 0 saturated heterocycles. The first-order valence-electron chi connectivity index (χ1n) is 7.51. The van der Waals surface area contributed by atoms with E-state index >= 15 is 0 Å². The molecule has 1 rings (SSSR count). The SMILES string of the molecule is CCC#CCCCCCCCCOC(=O)c1cccs1. The van der Waals surface area contributed by atoms with Gasteiger partial charge in [0.2, 0.25) is 0 Å². The Labute approximate surface area is 126 Å². The highest BCUT2D eigenvalue weighted by atomic mass is 32.1. The largest absolute Gasteiger partial charge is 0.462 e. The number of hydrogen-bond acceptors (Lipinski definition) is 3. The van der Waals surface area contributed by atoms with Crippen LogP contribution in [0.15, 0.2) is 17.5 Å². The van der Waals surface area contributed by atoms with Gasteiger partial charge >= 0.3 is 5.97 Å².